The SMILES string of the molecule is C=CCNC(=O)N[C@@H](CCC(N)=O)C(=O)O. The number of urea groups is 1. The summed E-state index contributed by atoms with van der Waals surface area (Å²) in [4.78, 5) is 32.3. The molecular weight excluding hydrogens is 214 g/mol. The zero-order valence-corrected chi connectivity index (χ0v) is 8.73. The Morgan fingerprint density at radius 1 is 1.44 bits per heavy atom. The van der Waals surface area contributed by atoms with Crippen LogP contribution in [0.1, 0.15) is 12.8 Å². The normalized spacial score (nSPS) is 11.2. The van der Waals surface area contributed by atoms with Crippen molar-refractivity contribution < 1.29 is 19.5 Å². The Balaban J connectivity index is 4.11. The number of nitrogens with one attached hydrogen (secondary N) is 2. The molecule has 0 aromatic rings. The summed E-state index contributed by atoms with van der Waals surface area (Å²) in [6, 6.07) is -1.76. The summed E-state index contributed by atoms with van der Waals surface area (Å²) < 4.78 is 0. The van der Waals surface area contributed by atoms with Crippen LogP contribution in [0, 0.1) is 0 Å². The summed E-state index contributed by atoms with van der Waals surface area (Å²) in [6.07, 6.45) is 1.32. The number of nitrogens with two attached hydrogens (primary N) is 1. The third-order valence-corrected chi connectivity index (χ3v) is 1.69. The van der Waals surface area contributed by atoms with Crippen LogP contribution in [-0.2, 0) is 9.59 Å². The van der Waals surface area contributed by atoms with Crippen molar-refractivity contribution in [1.82, 2.24) is 10.6 Å². The maximum Gasteiger partial charge on any atom is 0.326 e. The second-order valence-corrected chi connectivity index (χ2v) is 3.04. The van der Waals surface area contributed by atoms with E-state index in [-0.39, 0.29) is 19.4 Å². The van der Waals surface area contributed by atoms with E-state index in [2.05, 4.69) is 17.2 Å². The second-order valence-electron chi connectivity index (χ2n) is 3.04. The first kappa shape index (κ1) is 13.9. The van der Waals surface area contributed by atoms with Gasteiger partial charge >= 0.3 is 12.0 Å². The van der Waals surface area contributed by atoms with Crippen molar-refractivity contribution in [3.8, 4) is 0 Å². The fourth-order valence-electron chi connectivity index (χ4n) is 0.918. The van der Waals surface area contributed by atoms with Crippen molar-refractivity contribution >= 4 is 17.9 Å². The number of carboxylic acid groups (broad SMARTS) is 1. The lowest BCUT2D eigenvalue weighted by Gasteiger charge is -2.13. The molecule has 7 nitrogen and oxygen atoms in total. The van der Waals surface area contributed by atoms with Gasteiger partial charge < -0.3 is 21.5 Å². The molecule has 16 heavy (non-hydrogen) atoms. The molecule has 0 aliphatic carbocycles. The molecule has 0 aliphatic heterocycles. The smallest absolute Gasteiger partial charge is 0.326 e. The van der Waals surface area contributed by atoms with E-state index in [4.69, 9.17) is 10.8 Å². The average molecular weight is 229 g/mol. The first-order valence-corrected chi connectivity index (χ1v) is 4.63. The maximum atomic E-state index is 11.1. The highest BCUT2D eigenvalue weighted by Crippen LogP contribution is 1.97. The van der Waals surface area contributed by atoms with Gasteiger partial charge in [-0.2, -0.15) is 0 Å². The number of aliphatic carboxylic acids is 1. The molecule has 0 aliphatic rings. The molecule has 0 bridgehead atoms. The molecular formula is C9H15N3O4. The van der Waals surface area contributed by atoms with E-state index in [9.17, 15) is 14.4 Å². The highest BCUT2D eigenvalue weighted by atomic mass is 16.4. The van der Waals surface area contributed by atoms with Crippen LogP contribution >= 0.6 is 0 Å². The molecule has 0 heterocycles. The van der Waals surface area contributed by atoms with Crippen LogP contribution in [0.2, 0.25) is 0 Å². The maximum absolute atomic E-state index is 11.1. The molecule has 0 radical (unpaired) electrons. The molecule has 0 saturated heterocycles. The van der Waals surface area contributed by atoms with Gasteiger partial charge in [-0.25, -0.2) is 9.59 Å². The number of carboxylic acids is 1. The topological polar surface area (TPSA) is 122 Å². The van der Waals surface area contributed by atoms with E-state index in [0.29, 0.717) is 0 Å². The van der Waals surface area contributed by atoms with Crippen molar-refractivity contribution in [2.75, 3.05) is 6.54 Å². The van der Waals surface area contributed by atoms with Gasteiger partial charge in [0.05, 0.1) is 0 Å². The van der Waals surface area contributed by atoms with Crippen molar-refractivity contribution in [1.29, 1.82) is 0 Å². The van der Waals surface area contributed by atoms with Gasteiger partial charge in [-0.3, -0.25) is 4.79 Å². The van der Waals surface area contributed by atoms with Crippen LogP contribution in [0.15, 0.2) is 12.7 Å². The molecule has 5 N–H and O–H groups in total. The monoisotopic (exact) mass is 229 g/mol. The minimum absolute atomic E-state index is 0.0355. The average Bonchev–Trinajstić information content (AvgIpc) is 2.20. The van der Waals surface area contributed by atoms with Gasteiger partial charge in [0.25, 0.3) is 0 Å². The van der Waals surface area contributed by atoms with Crippen molar-refractivity contribution in [2.24, 2.45) is 5.73 Å². The molecule has 0 aromatic carbocycles. The lowest BCUT2D eigenvalue weighted by Crippen LogP contribution is -2.46. The number of carbonyl (C=O) groups excluding carboxylic acids is 2. The van der Waals surface area contributed by atoms with E-state index in [0.717, 1.165) is 0 Å². The Morgan fingerprint density at radius 2 is 2.06 bits per heavy atom. The number of hydrogen-bond donors (Lipinski definition) is 4. The van der Waals surface area contributed by atoms with Crippen molar-refractivity contribution in [3.63, 3.8) is 0 Å². The van der Waals surface area contributed by atoms with Gasteiger partial charge in [-0.05, 0) is 6.42 Å². The summed E-state index contributed by atoms with van der Waals surface area (Å²) in [5, 5.41) is 13.3. The first-order valence-electron chi connectivity index (χ1n) is 4.63. The third kappa shape index (κ3) is 6.41. The van der Waals surface area contributed by atoms with Crippen molar-refractivity contribution in [2.45, 2.75) is 18.9 Å². The van der Waals surface area contributed by atoms with Gasteiger partial charge in [0.2, 0.25) is 5.91 Å². The summed E-state index contributed by atoms with van der Waals surface area (Å²) in [7, 11) is 0. The number of hydrogen-bond acceptors (Lipinski definition) is 3. The van der Waals surface area contributed by atoms with Gasteiger partial charge in [0.15, 0.2) is 0 Å². The molecule has 0 rings (SSSR count). The Morgan fingerprint density at radius 3 is 2.50 bits per heavy atom. The van der Waals surface area contributed by atoms with Crippen LogP contribution < -0.4 is 16.4 Å². The molecule has 0 aromatic heterocycles. The zero-order valence-electron chi connectivity index (χ0n) is 8.73. The molecule has 0 fully saturated rings. The molecule has 3 amide bonds. The quantitative estimate of drug-likeness (QED) is 0.426. The molecule has 90 valence electrons. The number of carbonyl (C=O) groups is 3. The summed E-state index contributed by atoms with van der Waals surface area (Å²) in [6.45, 7) is 3.62. The number of primary amides is 1. The van der Waals surface area contributed by atoms with Gasteiger partial charge in [-0.1, -0.05) is 6.08 Å². The largest absolute Gasteiger partial charge is 0.480 e. The highest BCUT2D eigenvalue weighted by Gasteiger charge is 2.19. The van der Waals surface area contributed by atoms with E-state index in [1.165, 1.54) is 6.08 Å². The second kappa shape index (κ2) is 7.27. The number of rotatable bonds is 7. The molecule has 0 spiro atoms. The van der Waals surface area contributed by atoms with Crippen LogP contribution in [0.5, 0.6) is 0 Å². The van der Waals surface area contributed by atoms with E-state index >= 15 is 0 Å². The Labute approximate surface area is 92.7 Å². The van der Waals surface area contributed by atoms with Crippen LogP contribution in [0.25, 0.3) is 0 Å². The van der Waals surface area contributed by atoms with E-state index in [1.54, 1.807) is 0 Å². The minimum Gasteiger partial charge on any atom is -0.480 e. The summed E-state index contributed by atoms with van der Waals surface area (Å²) in [5.41, 5.74) is 4.88. The molecule has 0 unspecified atom stereocenters. The predicted octanol–water partition coefficient (Wildman–Crippen LogP) is -0.810. The van der Waals surface area contributed by atoms with E-state index in [1.807, 2.05) is 0 Å². The zero-order chi connectivity index (χ0) is 12.6. The lowest BCUT2D eigenvalue weighted by atomic mass is 10.1. The van der Waals surface area contributed by atoms with Crippen LogP contribution in [-0.4, -0.2) is 35.6 Å². The van der Waals surface area contributed by atoms with Crippen LogP contribution in [0.4, 0.5) is 4.79 Å². The fourth-order valence-corrected chi connectivity index (χ4v) is 0.918. The minimum atomic E-state index is -1.21. The third-order valence-electron chi connectivity index (χ3n) is 1.69. The summed E-state index contributed by atoms with van der Waals surface area (Å²) in [5.74, 6) is -1.82. The Kier molecular flexibility index (Phi) is 6.34. The van der Waals surface area contributed by atoms with Crippen molar-refractivity contribution in [3.05, 3.63) is 12.7 Å². The summed E-state index contributed by atoms with van der Waals surface area (Å²) >= 11 is 0. The Hall–Kier alpha value is -2.05. The first-order chi connectivity index (χ1) is 7.47. The lowest BCUT2D eigenvalue weighted by molar-refractivity contribution is -0.139. The van der Waals surface area contributed by atoms with Gasteiger partial charge in [-0.15, -0.1) is 6.58 Å². The van der Waals surface area contributed by atoms with Crippen LogP contribution in [0.3, 0.4) is 0 Å². The van der Waals surface area contributed by atoms with Gasteiger partial charge in [0.1, 0.15) is 6.04 Å². The molecule has 1 atom stereocenters. The standard InChI is InChI=1S/C9H15N3O4/c1-2-5-11-9(16)12-6(8(14)15)3-4-7(10)13/h2,6H,1,3-5H2,(H2,10,13)(H,14,15)(H2,11,12,16)/t6-/m0/s1. The fraction of sp³-hybridized carbons (Fsp3) is 0.444. The highest BCUT2D eigenvalue weighted by molar-refractivity contribution is 5.83. The molecule has 0 saturated carbocycles. The Bertz CT molecular complexity index is 290. The van der Waals surface area contributed by atoms with Gasteiger partial charge in [0, 0.05) is 13.0 Å². The number of amides is 3. The predicted molar refractivity (Wildman–Crippen MR) is 56.6 cm³/mol. The molecule has 7 heteroatoms. The van der Waals surface area contributed by atoms with E-state index < -0.39 is 23.9 Å².